The van der Waals surface area contributed by atoms with Crippen LogP contribution in [0.5, 0.6) is 0 Å². The van der Waals surface area contributed by atoms with E-state index in [9.17, 15) is 4.79 Å². The average molecular weight is 215 g/mol. The van der Waals surface area contributed by atoms with Crippen molar-refractivity contribution in [1.29, 1.82) is 0 Å². The smallest absolute Gasteiger partial charge is 0.224 e. The molecule has 1 aromatic carbocycles. The average Bonchev–Trinajstić information content (AvgIpc) is 2.15. The quantitative estimate of drug-likeness (QED) is 0.651. The normalized spacial score (nSPS) is 17.1. The first kappa shape index (κ1) is 10.9. The summed E-state index contributed by atoms with van der Waals surface area (Å²) in [6.07, 6.45) is 4.17. The molecule has 2 nitrogen and oxygen atoms in total. The molecule has 0 saturated carbocycles. The molecule has 1 amide bonds. The Morgan fingerprint density at radius 3 is 2.62 bits per heavy atom. The van der Waals surface area contributed by atoms with E-state index in [-0.39, 0.29) is 11.4 Å². The number of rotatable bonds is 0. The van der Waals surface area contributed by atoms with Gasteiger partial charge in [0, 0.05) is 6.92 Å². The molecule has 2 rings (SSSR count). The first-order valence-electron chi connectivity index (χ1n) is 5.52. The Bertz CT molecular complexity index is 472. The zero-order chi connectivity index (χ0) is 11.9. The topological polar surface area (TPSA) is 20.3 Å². The van der Waals surface area contributed by atoms with Crippen molar-refractivity contribution in [2.45, 2.75) is 33.2 Å². The fraction of sp³-hybridized carbons (Fsp3) is 0.357. The van der Waals surface area contributed by atoms with Crippen LogP contribution in [-0.2, 0) is 4.79 Å². The first-order chi connectivity index (χ1) is 7.42. The van der Waals surface area contributed by atoms with Crippen LogP contribution in [0.2, 0.25) is 0 Å². The van der Waals surface area contributed by atoms with Gasteiger partial charge in [-0.15, -0.1) is 0 Å². The van der Waals surface area contributed by atoms with Gasteiger partial charge < -0.3 is 4.90 Å². The van der Waals surface area contributed by atoms with E-state index in [2.05, 4.69) is 44.2 Å². The fourth-order valence-electron chi connectivity index (χ4n) is 2.24. The minimum Gasteiger partial charge on any atom is -0.303 e. The lowest BCUT2D eigenvalue weighted by molar-refractivity contribution is -0.117. The molecule has 1 aliphatic heterocycles. The molecule has 1 aliphatic rings. The molecule has 84 valence electrons. The molecule has 0 unspecified atom stereocenters. The molecule has 0 saturated heterocycles. The molecule has 2 heteroatoms. The van der Waals surface area contributed by atoms with Crippen molar-refractivity contribution in [3.63, 3.8) is 0 Å². The van der Waals surface area contributed by atoms with Crippen LogP contribution in [0.4, 0.5) is 5.69 Å². The number of benzene rings is 1. The molecular weight excluding hydrogens is 198 g/mol. The first-order valence-corrected chi connectivity index (χ1v) is 5.52. The second-order valence-electron chi connectivity index (χ2n) is 4.90. The van der Waals surface area contributed by atoms with Crippen LogP contribution in [-0.4, -0.2) is 11.4 Å². The molecule has 1 heterocycles. The second kappa shape index (κ2) is 3.48. The number of carbonyl (C=O) groups is 1. The summed E-state index contributed by atoms with van der Waals surface area (Å²) in [5, 5.41) is 0. The Labute approximate surface area is 96.6 Å². The Kier molecular flexibility index (Phi) is 2.38. The summed E-state index contributed by atoms with van der Waals surface area (Å²) >= 11 is 0. The van der Waals surface area contributed by atoms with Gasteiger partial charge in [0.25, 0.3) is 0 Å². The second-order valence-corrected chi connectivity index (χ2v) is 4.90. The summed E-state index contributed by atoms with van der Waals surface area (Å²) in [4.78, 5) is 13.6. The van der Waals surface area contributed by atoms with Crippen LogP contribution >= 0.6 is 0 Å². The summed E-state index contributed by atoms with van der Waals surface area (Å²) in [6.45, 7) is 7.77. The van der Waals surface area contributed by atoms with Gasteiger partial charge in [0.05, 0.1) is 11.2 Å². The van der Waals surface area contributed by atoms with E-state index >= 15 is 0 Å². The highest BCUT2D eigenvalue weighted by atomic mass is 16.2. The van der Waals surface area contributed by atoms with Crippen LogP contribution in [0.25, 0.3) is 6.08 Å². The number of carbonyl (C=O) groups excluding carboxylic acids is 1. The van der Waals surface area contributed by atoms with Gasteiger partial charge in [-0.05, 0) is 38.0 Å². The largest absolute Gasteiger partial charge is 0.303 e. The van der Waals surface area contributed by atoms with Gasteiger partial charge in [0.15, 0.2) is 0 Å². The standard InChI is InChI=1S/C14H17NO/c1-10-5-6-12-7-8-14(3,4)15(11(2)16)13(12)9-10/h5-9H,1-4H3. The Balaban J connectivity index is 2.63. The van der Waals surface area contributed by atoms with Gasteiger partial charge in [0.1, 0.15) is 0 Å². The Morgan fingerprint density at radius 2 is 2.00 bits per heavy atom. The molecule has 0 atom stereocenters. The predicted molar refractivity (Wildman–Crippen MR) is 67.5 cm³/mol. The molecular formula is C14H17NO. The third-order valence-electron chi connectivity index (χ3n) is 2.99. The minimum atomic E-state index is -0.243. The highest BCUT2D eigenvalue weighted by Gasteiger charge is 2.31. The van der Waals surface area contributed by atoms with Crippen molar-refractivity contribution in [2.24, 2.45) is 0 Å². The van der Waals surface area contributed by atoms with Gasteiger partial charge >= 0.3 is 0 Å². The van der Waals surface area contributed by atoms with E-state index in [1.54, 1.807) is 6.92 Å². The maximum Gasteiger partial charge on any atom is 0.224 e. The van der Waals surface area contributed by atoms with Crippen LogP contribution in [0.15, 0.2) is 24.3 Å². The zero-order valence-electron chi connectivity index (χ0n) is 10.2. The van der Waals surface area contributed by atoms with Gasteiger partial charge in [-0.25, -0.2) is 0 Å². The van der Waals surface area contributed by atoms with Crippen LogP contribution < -0.4 is 4.90 Å². The summed E-state index contributed by atoms with van der Waals surface area (Å²) in [6, 6.07) is 6.20. The van der Waals surface area contributed by atoms with E-state index in [0.717, 1.165) is 11.3 Å². The number of hydrogen-bond acceptors (Lipinski definition) is 1. The van der Waals surface area contributed by atoms with Gasteiger partial charge in [-0.1, -0.05) is 24.3 Å². The van der Waals surface area contributed by atoms with Crippen molar-refractivity contribution in [1.82, 2.24) is 0 Å². The molecule has 1 aromatic rings. The van der Waals surface area contributed by atoms with E-state index in [4.69, 9.17) is 0 Å². The Hall–Kier alpha value is -1.57. The van der Waals surface area contributed by atoms with E-state index in [1.807, 2.05) is 11.8 Å². The summed E-state index contributed by atoms with van der Waals surface area (Å²) in [5.41, 5.74) is 3.06. The number of amides is 1. The molecule has 0 spiro atoms. The third-order valence-corrected chi connectivity index (χ3v) is 2.99. The molecule has 0 N–H and O–H groups in total. The van der Waals surface area contributed by atoms with Crippen LogP contribution in [0.1, 0.15) is 31.9 Å². The highest BCUT2D eigenvalue weighted by Crippen LogP contribution is 2.35. The number of nitrogens with zero attached hydrogens (tertiary/aromatic N) is 1. The van der Waals surface area contributed by atoms with Crippen molar-refractivity contribution >= 4 is 17.7 Å². The van der Waals surface area contributed by atoms with E-state index in [1.165, 1.54) is 5.56 Å². The van der Waals surface area contributed by atoms with Crippen molar-refractivity contribution in [2.75, 3.05) is 4.90 Å². The lowest BCUT2D eigenvalue weighted by Crippen LogP contribution is -2.47. The van der Waals surface area contributed by atoms with Crippen molar-refractivity contribution in [3.8, 4) is 0 Å². The lowest BCUT2D eigenvalue weighted by Gasteiger charge is -2.39. The molecule has 0 aromatic heterocycles. The maximum absolute atomic E-state index is 11.8. The summed E-state index contributed by atoms with van der Waals surface area (Å²) in [7, 11) is 0. The third kappa shape index (κ3) is 1.64. The maximum atomic E-state index is 11.8. The highest BCUT2D eigenvalue weighted by molar-refractivity contribution is 5.97. The van der Waals surface area contributed by atoms with Gasteiger partial charge in [0.2, 0.25) is 5.91 Å². The zero-order valence-corrected chi connectivity index (χ0v) is 10.2. The number of anilines is 1. The summed E-state index contributed by atoms with van der Waals surface area (Å²) < 4.78 is 0. The van der Waals surface area contributed by atoms with Crippen LogP contribution in [0, 0.1) is 6.92 Å². The van der Waals surface area contributed by atoms with Crippen molar-refractivity contribution in [3.05, 3.63) is 35.4 Å². The van der Waals surface area contributed by atoms with E-state index < -0.39 is 0 Å². The molecule has 16 heavy (non-hydrogen) atoms. The molecule has 0 radical (unpaired) electrons. The number of fused-ring (bicyclic) bond motifs is 1. The molecule has 0 aliphatic carbocycles. The minimum absolute atomic E-state index is 0.0844. The number of aryl methyl sites for hydroxylation is 1. The predicted octanol–water partition coefficient (Wildman–Crippen LogP) is 3.15. The Morgan fingerprint density at radius 1 is 1.31 bits per heavy atom. The van der Waals surface area contributed by atoms with Crippen molar-refractivity contribution < 1.29 is 4.79 Å². The SMILES string of the molecule is CC(=O)N1c2cc(C)ccc2C=CC1(C)C. The van der Waals surface area contributed by atoms with Gasteiger partial charge in [-0.2, -0.15) is 0 Å². The van der Waals surface area contributed by atoms with Crippen LogP contribution in [0.3, 0.4) is 0 Å². The monoisotopic (exact) mass is 215 g/mol. The van der Waals surface area contributed by atoms with E-state index in [0.29, 0.717) is 0 Å². The summed E-state index contributed by atoms with van der Waals surface area (Å²) in [5.74, 6) is 0.0844. The lowest BCUT2D eigenvalue weighted by atomic mass is 9.93. The molecule has 0 fully saturated rings. The van der Waals surface area contributed by atoms with Gasteiger partial charge in [-0.3, -0.25) is 4.79 Å². The molecule has 0 bridgehead atoms. The fourth-order valence-corrected chi connectivity index (χ4v) is 2.24. The number of hydrogen-bond donors (Lipinski definition) is 0.